The van der Waals surface area contributed by atoms with Crippen LogP contribution in [0.1, 0.15) is 12.6 Å². The lowest BCUT2D eigenvalue weighted by molar-refractivity contribution is -0.142. The van der Waals surface area contributed by atoms with E-state index in [1.165, 1.54) is 11.6 Å². The first kappa shape index (κ1) is 13.5. The number of hydrogen-bond donors (Lipinski definition) is 0. The zero-order valence-electron chi connectivity index (χ0n) is 10.8. The molecule has 0 atom stereocenters. The molecule has 0 aromatic carbocycles. The quantitative estimate of drug-likeness (QED) is 0.728. The summed E-state index contributed by atoms with van der Waals surface area (Å²) in [6.45, 7) is 1.98. The number of fused-ring (bicyclic) bond motifs is 1. The highest BCUT2D eigenvalue weighted by atomic mass is 32.1. The fourth-order valence-corrected chi connectivity index (χ4v) is 2.64. The lowest BCUT2D eigenvalue weighted by Crippen LogP contribution is -2.36. The summed E-state index contributed by atoms with van der Waals surface area (Å²) in [5.74, 6) is -0.439. The normalized spacial score (nSPS) is 10.9. The second-order valence-corrected chi connectivity index (χ2v) is 4.75. The second kappa shape index (κ2) is 4.96. The predicted octanol–water partition coefficient (Wildman–Crippen LogP) is -0.201. The van der Waals surface area contributed by atoms with E-state index in [0.29, 0.717) is 15.9 Å². The van der Waals surface area contributed by atoms with E-state index in [2.05, 4.69) is 4.37 Å². The summed E-state index contributed by atoms with van der Waals surface area (Å²) in [4.78, 5) is 35.8. The Morgan fingerprint density at radius 3 is 2.63 bits per heavy atom. The van der Waals surface area contributed by atoms with Crippen LogP contribution in [0.4, 0.5) is 0 Å². The van der Waals surface area contributed by atoms with Gasteiger partial charge in [0.1, 0.15) is 4.83 Å². The van der Waals surface area contributed by atoms with Gasteiger partial charge in [-0.05, 0) is 18.5 Å². The number of carbonyl (C=O) groups is 1. The Morgan fingerprint density at radius 1 is 1.32 bits per heavy atom. The largest absolute Gasteiger partial charge is 0.466 e. The third-order valence-electron chi connectivity index (χ3n) is 2.76. The molecule has 0 radical (unpaired) electrons. The van der Waals surface area contributed by atoms with Gasteiger partial charge in [-0.3, -0.25) is 18.7 Å². The van der Waals surface area contributed by atoms with Crippen LogP contribution in [0, 0.1) is 0 Å². The molecule has 8 heteroatoms. The fraction of sp³-hybridized carbons (Fsp3) is 0.455. The van der Waals surface area contributed by atoms with Gasteiger partial charge in [0.2, 0.25) is 0 Å². The monoisotopic (exact) mass is 283 g/mol. The minimum Gasteiger partial charge on any atom is -0.466 e. The number of aryl methyl sites for hydroxylation is 1. The Balaban J connectivity index is 2.64. The van der Waals surface area contributed by atoms with Crippen LogP contribution in [0.15, 0.2) is 9.59 Å². The molecule has 0 amide bonds. The van der Waals surface area contributed by atoms with Gasteiger partial charge in [0.05, 0.1) is 24.1 Å². The van der Waals surface area contributed by atoms with Crippen molar-refractivity contribution in [3.63, 3.8) is 0 Å². The minimum absolute atomic E-state index is 0.0682. The Labute approximate surface area is 112 Å². The molecule has 2 aromatic heterocycles. The third kappa shape index (κ3) is 2.19. The topological polar surface area (TPSA) is 83.2 Å². The van der Waals surface area contributed by atoms with Gasteiger partial charge in [-0.15, -0.1) is 0 Å². The van der Waals surface area contributed by atoms with Gasteiger partial charge < -0.3 is 4.74 Å². The zero-order chi connectivity index (χ0) is 14.2. The van der Waals surface area contributed by atoms with Crippen molar-refractivity contribution in [2.45, 2.75) is 13.3 Å². The first-order valence-corrected chi connectivity index (χ1v) is 6.44. The van der Waals surface area contributed by atoms with Crippen molar-refractivity contribution in [3.8, 4) is 0 Å². The van der Waals surface area contributed by atoms with E-state index in [-0.39, 0.29) is 13.0 Å². The number of esters is 1. The Kier molecular flexibility index (Phi) is 3.52. The smallest absolute Gasteiger partial charge is 0.331 e. The standard InChI is InChI=1S/C11H13N3O4S/c1-4-18-7(15)5-6-8-9(16)13(2)11(17)14(3)10(8)19-12-6/h4-5H2,1-3H3. The summed E-state index contributed by atoms with van der Waals surface area (Å²) in [6, 6.07) is 0. The predicted molar refractivity (Wildman–Crippen MR) is 70.4 cm³/mol. The van der Waals surface area contributed by atoms with E-state index >= 15 is 0 Å². The summed E-state index contributed by atoms with van der Waals surface area (Å²) in [7, 11) is 2.96. The molecule has 102 valence electrons. The van der Waals surface area contributed by atoms with E-state index < -0.39 is 17.2 Å². The zero-order valence-corrected chi connectivity index (χ0v) is 11.6. The highest BCUT2D eigenvalue weighted by Gasteiger charge is 2.18. The molecule has 0 unspecified atom stereocenters. The van der Waals surface area contributed by atoms with Gasteiger partial charge in [-0.25, -0.2) is 4.79 Å². The molecule has 0 fully saturated rings. The van der Waals surface area contributed by atoms with Crippen LogP contribution in [0.3, 0.4) is 0 Å². The molecule has 0 N–H and O–H groups in total. The second-order valence-electron chi connectivity index (χ2n) is 4.00. The molecular formula is C11H13N3O4S. The molecule has 2 aromatic rings. The number of nitrogens with zero attached hydrogens (tertiary/aromatic N) is 3. The first-order chi connectivity index (χ1) is 8.97. The van der Waals surface area contributed by atoms with Crippen LogP contribution in [-0.2, 0) is 30.0 Å². The molecule has 0 aliphatic carbocycles. The average Bonchev–Trinajstić information content (AvgIpc) is 2.78. The fourth-order valence-electron chi connectivity index (χ4n) is 1.79. The van der Waals surface area contributed by atoms with Crippen LogP contribution in [0.2, 0.25) is 0 Å². The average molecular weight is 283 g/mol. The van der Waals surface area contributed by atoms with Gasteiger partial charge in [0.15, 0.2) is 0 Å². The molecule has 0 saturated heterocycles. The molecule has 0 saturated carbocycles. The van der Waals surface area contributed by atoms with Gasteiger partial charge in [0, 0.05) is 14.1 Å². The summed E-state index contributed by atoms with van der Waals surface area (Å²) >= 11 is 1.03. The highest BCUT2D eigenvalue weighted by Crippen LogP contribution is 2.18. The van der Waals surface area contributed by atoms with Gasteiger partial charge >= 0.3 is 11.7 Å². The molecule has 0 bridgehead atoms. The number of carbonyl (C=O) groups excluding carboxylic acids is 1. The molecule has 2 heterocycles. The third-order valence-corrected chi connectivity index (χ3v) is 3.72. The van der Waals surface area contributed by atoms with E-state index in [1.807, 2.05) is 0 Å². The maximum atomic E-state index is 12.1. The molecule has 0 spiro atoms. The molecule has 0 aliphatic heterocycles. The first-order valence-electron chi connectivity index (χ1n) is 5.67. The van der Waals surface area contributed by atoms with Crippen LogP contribution in [0.5, 0.6) is 0 Å². The molecule has 19 heavy (non-hydrogen) atoms. The number of rotatable bonds is 3. The van der Waals surface area contributed by atoms with Crippen molar-refractivity contribution in [1.29, 1.82) is 0 Å². The van der Waals surface area contributed by atoms with E-state index in [0.717, 1.165) is 16.1 Å². The van der Waals surface area contributed by atoms with Crippen molar-refractivity contribution in [1.82, 2.24) is 13.5 Å². The lowest BCUT2D eigenvalue weighted by atomic mass is 10.2. The maximum Gasteiger partial charge on any atom is 0.331 e. The molecule has 2 rings (SSSR count). The molecule has 0 aliphatic rings. The Morgan fingerprint density at radius 2 is 2.00 bits per heavy atom. The van der Waals surface area contributed by atoms with E-state index in [1.54, 1.807) is 14.0 Å². The van der Waals surface area contributed by atoms with Gasteiger partial charge in [0.25, 0.3) is 5.56 Å². The van der Waals surface area contributed by atoms with E-state index in [4.69, 9.17) is 4.74 Å². The Bertz CT molecular complexity index is 756. The van der Waals surface area contributed by atoms with Crippen molar-refractivity contribution < 1.29 is 9.53 Å². The van der Waals surface area contributed by atoms with Crippen LogP contribution in [-0.4, -0.2) is 26.1 Å². The van der Waals surface area contributed by atoms with Crippen molar-refractivity contribution >= 4 is 27.7 Å². The van der Waals surface area contributed by atoms with Crippen LogP contribution < -0.4 is 11.2 Å². The van der Waals surface area contributed by atoms with Gasteiger partial charge in [-0.2, -0.15) is 4.37 Å². The molecular weight excluding hydrogens is 270 g/mol. The van der Waals surface area contributed by atoms with Crippen LogP contribution in [0.25, 0.3) is 10.2 Å². The SMILES string of the molecule is CCOC(=O)Cc1nsc2c1c(=O)n(C)c(=O)n2C. The Hall–Kier alpha value is -1.96. The molecule has 7 nitrogen and oxygen atoms in total. The minimum atomic E-state index is -0.439. The number of hydrogen-bond acceptors (Lipinski definition) is 6. The summed E-state index contributed by atoms with van der Waals surface area (Å²) < 4.78 is 11.3. The van der Waals surface area contributed by atoms with Crippen LogP contribution >= 0.6 is 11.5 Å². The highest BCUT2D eigenvalue weighted by molar-refractivity contribution is 7.13. The number of aromatic nitrogens is 3. The lowest BCUT2D eigenvalue weighted by Gasteiger charge is -2.03. The summed E-state index contributed by atoms with van der Waals surface area (Å²) in [5, 5.41) is 0.308. The van der Waals surface area contributed by atoms with Crippen molar-refractivity contribution in [2.75, 3.05) is 6.61 Å². The van der Waals surface area contributed by atoms with Crippen molar-refractivity contribution in [3.05, 3.63) is 26.5 Å². The summed E-state index contributed by atoms with van der Waals surface area (Å²) in [6.07, 6.45) is -0.0682. The van der Waals surface area contributed by atoms with Gasteiger partial charge in [-0.1, -0.05) is 0 Å². The number of ether oxygens (including phenoxy) is 1. The summed E-state index contributed by atoms with van der Waals surface area (Å²) in [5.41, 5.74) is -0.496. The maximum absolute atomic E-state index is 12.1. The van der Waals surface area contributed by atoms with E-state index in [9.17, 15) is 14.4 Å². The van der Waals surface area contributed by atoms with Crippen molar-refractivity contribution in [2.24, 2.45) is 14.1 Å².